The molecule has 0 unspecified atom stereocenters. The minimum atomic E-state index is -3.01. The lowest BCUT2D eigenvalue weighted by Gasteiger charge is -2.06. The molecular weight excluding hydrogens is 244 g/mol. The van der Waals surface area contributed by atoms with Gasteiger partial charge in [0.05, 0.1) is 11.5 Å². The molecule has 0 N–H and O–H groups in total. The second-order valence-corrected chi connectivity index (χ2v) is 6.69. The fourth-order valence-electron chi connectivity index (χ4n) is 1.75. The van der Waals surface area contributed by atoms with E-state index < -0.39 is 9.84 Å². The third-order valence-corrected chi connectivity index (χ3v) is 4.21. The van der Waals surface area contributed by atoms with E-state index in [2.05, 4.69) is 0 Å². The van der Waals surface area contributed by atoms with Gasteiger partial charge in [0.1, 0.15) is 0 Å². The van der Waals surface area contributed by atoms with Crippen molar-refractivity contribution in [3.05, 3.63) is 34.9 Å². The zero-order valence-corrected chi connectivity index (χ0v) is 11.2. The molecule has 0 aliphatic rings. The van der Waals surface area contributed by atoms with Crippen molar-refractivity contribution in [1.29, 1.82) is 0 Å². The van der Waals surface area contributed by atoms with Crippen LogP contribution in [0.1, 0.15) is 23.1 Å². The van der Waals surface area contributed by atoms with Gasteiger partial charge in [-0.3, -0.25) is 0 Å². The van der Waals surface area contributed by atoms with Gasteiger partial charge in [0.2, 0.25) is 0 Å². The Balaban J connectivity index is 2.80. The highest BCUT2D eigenvalue weighted by atomic mass is 35.5. The van der Waals surface area contributed by atoms with Gasteiger partial charge in [-0.05, 0) is 25.8 Å². The van der Waals surface area contributed by atoms with Crippen molar-refractivity contribution in [2.75, 3.05) is 11.6 Å². The van der Waals surface area contributed by atoms with Gasteiger partial charge >= 0.3 is 0 Å². The van der Waals surface area contributed by atoms with Gasteiger partial charge < -0.3 is 0 Å². The summed E-state index contributed by atoms with van der Waals surface area (Å²) in [5, 5.41) is 0. The van der Waals surface area contributed by atoms with Crippen molar-refractivity contribution >= 4 is 21.4 Å². The normalized spacial score (nSPS) is 11.7. The van der Waals surface area contributed by atoms with E-state index in [9.17, 15) is 8.42 Å². The van der Waals surface area contributed by atoms with Gasteiger partial charge in [-0.2, -0.15) is 0 Å². The van der Waals surface area contributed by atoms with Crippen LogP contribution in [0.15, 0.2) is 18.2 Å². The van der Waals surface area contributed by atoms with E-state index in [4.69, 9.17) is 11.6 Å². The zero-order chi connectivity index (χ0) is 12.2. The first-order valence-corrected chi connectivity index (χ1v) is 7.62. The molecule has 0 radical (unpaired) electrons. The van der Waals surface area contributed by atoms with E-state index >= 15 is 0 Å². The van der Waals surface area contributed by atoms with Crippen LogP contribution in [0.5, 0.6) is 0 Å². The van der Waals surface area contributed by atoms with Crippen molar-refractivity contribution in [2.45, 2.75) is 26.0 Å². The summed E-state index contributed by atoms with van der Waals surface area (Å²) in [7, 11) is -3.01. The second-order valence-electron chi connectivity index (χ2n) is 4.13. The maximum Gasteiger partial charge on any atom is 0.154 e. The molecular formula is C12H17ClO2S. The molecule has 0 heterocycles. The highest BCUT2D eigenvalue weighted by Crippen LogP contribution is 2.13. The van der Waals surface area contributed by atoms with E-state index in [0.29, 0.717) is 12.3 Å². The third-order valence-electron chi connectivity index (χ3n) is 2.26. The van der Waals surface area contributed by atoms with E-state index in [1.165, 1.54) is 0 Å². The Morgan fingerprint density at radius 1 is 1.12 bits per heavy atom. The van der Waals surface area contributed by atoms with E-state index in [-0.39, 0.29) is 11.5 Å². The largest absolute Gasteiger partial charge is 0.228 e. The molecule has 90 valence electrons. The molecule has 0 aliphatic heterocycles. The molecule has 0 saturated carbocycles. The van der Waals surface area contributed by atoms with Gasteiger partial charge in [-0.25, -0.2) is 8.42 Å². The van der Waals surface area contributed by atoms with Gasteiger partial charge in [0.15, 0.2) is 9.84 Å². The number of alkyl halides is 1. The summed E-state index contributed by atoms with van der Waals surface area (Å²) in [6.07, 6.45) is 0.523. The number of rotatable bonds is 5. The highest BCUT2D eigenvalue weighted by Gasteiger charge is 2.11. The summed E-state index contributed by atoms with van der Waals surface area (Å²) >= 11 is 5.50. The standard InChI is InChI=1S/C12H17ClO2S/c1-10-6-11(2)8-12(7-10)9-16(14,15)5-3-4-13/h6-8H,3-5,9H2,1-2H3. The Kier molecular flexibility index (Phi) is 4.81. The molecule has 1 aromatic rings. The summed E-state index contributed by atoms with van der Waals surface area (Å²) in [6.45, 7) is 3.95. The highest BCUT2D eigenvalue weighted by molar-refractivity contribution is 7.90. The van der Waals surface area contributed by atoms with Crippen LogP contribution in [0, 0.1) is 13.8 Å². The summed E-state index contributed by atoms with van der Waals surface area (Å²) in [6, 6.07) is 5.88. The first-order valence-electron chi connectivity index (χ1n) is 5.26. The molecule has 0 atom stereocenters. The molecule has 0 fully saturated rings. The maximum absolute atomic E-state index is 11.7. The molecule has 0 spiro atoms. The summed E-state index contributed by atoms with van der Waals surface area (Å²) in [5.74, 6) is 0.683. The third kappa shape index (κ3) is 4.54. The molecule has 0 aliphatic carbocycles. The number of halogens is 1. The minimum Gasteiger partial charge on any atom is -0.228 e. The Bertz CT molecular complexity index is 432. The molecule has 0 aromatic heterocycles. The van der Waals surface area contributed by atoms with Crippen molar-refractivity contribution in [3.63, 3.8) is 0 Å². The fraction of sp³-hybridized carbons (Fsp3) is 0.500. The molecule has 4 heteroatoms. The quantitative estimate of drug-likeness (QED) is 0.763. The van der Waals surface area contributed by atoms with Gasteiger partial charge in [-0.1, -0.05) is 29.3 Å². The Morgan fingerprint density at radius 2 is 1.69 bits per heavy atom. The van der Waals surface area contributed by atoms with E-state index in [0.717, 1.165) is 16.7 Å². The second kappa shape index (κ2) is 5.69. The molecule has 1 aromatic carbocycles. The zero-order valence-electron chi connectivity index (χ0n) is 9.66. The number of aryl methyl sites for hydroxylation is 2. The maximum atomic E-state index is 11.7. The average Bonchev–Trinajstić information content (AvgIpc) is 2.12. The van der Waals surface area contributed by atoms with Gasteiger partial charge in [-0.15, -0.1) is 11.6 Å². The van der Waals surface area contributed by atoms with Crippen LogP contribution in [-0.4, -0.2) is 20.1 Å². The number of benzene rings is 1. The van der Waals surface area contributed by atoms with Crippen molar-refractivity contribution in [2.24, 2.45) is 0 Å². The van der Waals surface area contributed by atoms with Crippen molar-refractivity contribution < 1.29 is 8.42 Å². The first-order chi connectivity index (χ1) is 7.43. The van der Waals surface area contributed by atoms with Gasteiger partial charge in [0, 0.05) is 5.88 Å². The van der Waals surface area contributed by atoms with Gasteiger partial charge in [0.25, 0.3) is 0 Å². The fourth-order valence-corrected chi connectivity index (χ4v) is 3.45. The smallest absolute Gasteiger partial charge is 0.154 e. The summed E-state index contributed by atoms with van der Waals surface area (Å²) in [4.78, 5) is 0. The molecule has 2 nitrogen and oxygen atoms in total. The van der Waals surface area contributed by atoms with Crippen LogP contribution in [-0.2, 0) is 15.6 Å². The Morgan fingerprint density at radius 3 is 2.19 bits per heavy atom. The predicted molar refractivity (Wildman–Crippen MR) is 68.7 cm³/mol. The van der Waals surface area contributed by atoms with Crippen LogP contribution in [0.2, 0.25) is 0 Å². The Labute approximate surface area is 103 Å². The van der Waals surface area contributed by atoms with Crippen LogP contribution >= 0.6 is 11.6 Å². The minimum absolute atomic E-state index is 0.117. The SMILES string of the molecule is Cc1cc(C)cc(CS(=O)(=O)CCCCl)c1. The predicted octanol–water partition coefficient (Wildman–Crippen LogP) is 2.85. The first kappa shape index (κ1) is 13.5. The van der Waals surface area contributed by atoms with Crippen molar-refractivity contribution in [1.82, 2.24) is 0 Å². The van der Waals surface area contributed by atoms with Crippen LogP contribution in [0.4, 0.5) is 0 Å². The molecule has 1 rings (SSSR count). The van der Waals surface area contributed by atoms with Crippen LogP contribution in [0.3, 0.4) is 0 Å². The van der Waals surface area contributed by atoms with E-state index in [1.54, 1.807) is 0 Å². The lowest BCUT2D eigenvalue weighted by Crippen LogP contribution is -2.10. The number of sulfone groups is 1. The van der Waals surface area contributed by atoms with Crippen molar-refractivity contribution in [3.8, 4) is 0 Å². The number of hydrogen-bond donors (Lipinski definition) is 0. The van der Waals surface area contributed by atoms with E-state index in [1.807, 2.05) is 32.0 Å². The molecule has 0 amide bonds. The average molecular weight is 261 g/mol. The Hall–Kier alpha value is -0.540. The molecule has 16 heavy (non-hydrogen) atoms. The topological polar surface area (TPSA) is 34.1 Å². The lowest BCUT2D eigenvalue weighted by atomic mass is 10.1. The van der Waals surface area contributed by atoms with Crippen LogP contribution in [0.25, 0.3) is 0 Å². The summed E-state index contributed by atoms with van der Waals surface area (Å²) < 4.78 is 23.4. The lowest BCUT2D eigenvalue weighted by molar-refractivity contribution is 0.594. The number of hydrogen-bond acceptors (Lipinski definition) is 2. The summed E-state index contributed by atoms with van der Waals surface area (Å²) in [5.41, 5.74) is 3.07. The molecule has 0 saturated heterocycles. The molecule has 0 bridgehead atoms. The van der Waals surface area contributed by atoms with Crippen LogP contribution < -0.4 is 0 Å². The monoisotopic (exact) mass is 260 g/mol.